The molecule has 29 heavy (non-hydrogen) atoms. The fraction of sp³-hybridized carbons (Fsp3) is 0.333. The Hall–Kier alpha value is -2.66. The summed E-state index contributed by atoms with van der Waals surface area (Å²) >= 11 is 1.41. The van der Waals surface area contributed by atoms with E-state index in [1.54, 1.807) is 6.92 Å². The van der Waals surface area contributed by atoms with Gasteiger partial charge < -0.3 is 4.74 Å². The highest BCUT2D eigenvalue weighted by atomic mass is 32.1. The number of aryl methyl sites for hydroxylation is 1. The number of carbonyl (C=O) groups excluding carboxylic acids is 1. The van der Waals surface area contributed by atoms with Gasteiger partial charge in [0.1, 0.15) is 5.75 Å². The van der Waals surface area contributed by atoms with Crippen molar-refractivity contribution in [2.24, 2.45) is 0 Å². The number of carbonyl (C=O) groups is 1. The first-order valence-electron chi connectivity index (χ1n) is 9.89. The molecule has 1 unspecified atom stereocenters. The van der Waals surface area contributed by atoms with Crippen molar-refractivity contribution in [2.45, 2.75) is 52.6 Å². The molecule has 4 nitrogen and oxygen atoms in total. The molecule has 1 heterocycles. The fourth-order valence-electron chi connectivity index (χ4n) is 2.87. The van der Waals surface area contributed by atoms with Crippen molar-refractivity contribution >= 4 is 22.4 Å². The summed E-state index contributed by atoms with van der Waals surface area (Å²) in [5.41, 5.74) is 4.51. The van der Waals surface area contributed by atoms with Crippen LogP contribution < -0.4 is 10.1 Å². The first-order chi connectivity index (χ1) is 13.8. The lowest BCUT2D eigenvalue weighted by molar-refractivity contribution is -0.122. The smallest absolute Gasteiger partial charge is 0.266 e. The Labute approximate surface area is 177 Å². The van der Waals surface area contributed by atoms with Crippen LogP contribution in [0.2, 0.25) is 0 Å². The van der Waals surface area contributed by atoms with Crippen LogP contribution in [0.1, 0.15) is 45.7 Å². The second kappa shape index (κ2) is 8.78. The number of benzene rings is 2. The Morgan fingerprint density at radius 2 is 1.76 bits per heavy atom. The Kier molecular flexibility index (Phi) is 6.38. The molecule has 0 aliphatic carbocycles. The van der Waals surface area contributed by atoms with Gasteiger partial charge in [0.05, 0.1) is 5.69 Å². The molecule has 3 aromatic rings. The van der Waals surface area contributed by atoms with Gasteiger partial charge in [-0.2, -0.15) is 0 Å². The Balaban J connectivity index is 1.60. The van der Waals surface area contributed by atoms with Crippen LogP contribution >= 0.6 is 11.3 Å². The topological polar surface area (TPSA) is 51.2 Å². The van der Waals surface area contributed by atoms with E-state index in [0.29, 0.717) is 10.9 Å². The zero-order valence-electron chi connectivity index (χ0n) is 17.7. The number of hydrogen-bond donors (Lipinski definition) is 1. The largest absolute Gasteiger partial charge is 0.481 e. The molecular weight excluding hydrogens is 380 g/mol. The normalized spacial score (nSPS) is 12.4. The average Bonchev–Trinajstić information content (AvgIpc) is 3.16. The number of nitrogens with zero attached hydrogens (tertiary/aromatic N) is 1. The van der Waals surface area contributed by atoms with Gasteiger partial charge in [-0.3, -0.25) is 10.1 Å². The highest BCUT2D eigenvalue weighted by molar-refractivity contribution is 7.14. The van der Waals surface area contributed by atoms with Crippen molar-refractivity contribution in [3.05, 3.63) is 65.0 Å². The van der Waals surface area contributed by atoms with E-state index in [-0.39, 0.29) is 11.3 Å². The predicted octanol–water partition coefficient (Wildman–Crippen LogP) is 6.08. The van der Waals surface area contributed by atoms with Crippen LogP contribution in [0.5, 0.6) is 5.75 Å². The molecule has 0 fully saturated rings. The lowest BCUT2D eigenvalue weighted by Crippen LogP contribution is -2.30. The number of rotatable bonds is 6. The van der Waals surface area contributed by atoms with Gasteiger partial charge >= 0.3 is 0 Å². The highest BCUT2D eigenvalue weighted by Gasteiger charge is 2.18. The summed E-state index contributed by atoms with van der Waals surface area (Å²) in [7, 11) is 0. The minimum Gasteiger partial charge on any atom is -0.481 e. The zero-order chi connectivity index (χ0) is 21.0. The van der Waals surface area contributed by atoms with Crippen molar-refractivity contribution in [1.29, 1.82) is 0 Å². The van der Waals surface area contributed by atoms with E-state index in [1.165, 1.54) is 22.5 Å². The third-order valence-electron chi connectivity index (χ3n) is 4.79. The molecule has 0 saturated heterocycles. The maximum absolute atomic E-state index is 12.5. The SMILES string of the molecule is CCc1ccc(-c2csc(NC(=O)C(C)Oc3ccc(C(C)(C)C)cc3)n2)cc1. The number of amides is 1. The number of thiazole rings is 1. The van der Waals surface area contributed by atoms with Gasteiger partial charge in [0.25, 0.3) is 5.91 Å². The van der Waals surface area contributed by atoms with E-state index in [1.807, 2.05) is 29.6 Å². The predicted molar refractivity (Wildman–Crippen MR) is 121 cm³/mol. The van der Waals surface area contributed by atoms with Crippen LogP contribution in [-0.4, -0.2) is 17.0 Å². The molecule has 0 radical (unpaired) electrons. The van der Waals surface area contributed by atoms with E-state index in [4.69, 9.17) is 4.74 Å². The molecule has 5 heteroatoms. The molecule has 152 valence electrons. The summed E-state index contributed by atoms with van der Waals surface area (Å²) in [6.07, 6.45) is 0.391. The van der Waals surface area contributed by atoms with Crippen LogP contribution in [0, 0.1) is 0 Å². The molecule has 1 amide bonds. The van der Waals surface area contributed by atoms with Gasteiger partial charge in [0.15, 0.2) is 11.2 Å². The second-order valence-corrected chi connectivity index (χ2v) is 8.97. The van der Waals surface area contributed by atoms with Crippen molar-refractivity contribution in [1.82, 2.24) is 4.98 Å². The van der Waals surface area contributed by atoms with Crippen LogP contribution in [-0.2, 0) is 16.6 Å². The molecule has 3 rings (SSSR count). The summed E-state index contributed by atoms with van der Waals surface area (Å²) in [4.78, 5) is 17.0. The van der Waals surface area contributed by atoms with Gasteiger partial charge in [-0.1, -0.05) is 64.1 Å². The van der Waals surface area contributed by atoms with E-state index in [2.05, 4.69) is 62.3 Å². The van der Waals surface area contributed by atoms with Crippen molar-refractivity contribution in [2.75, 3.05) is 5.32 Å². The fourth-order valence-corrected chi connectivity index (χ4v) is 3.60. The number of ether oxygens (including phenoxy) is 1. The highest BCUT2D eigenvalue weighted by Crippen LogP contribution is 2.26. The summed E-state index contributed by atoms with van der Waals surface area (Å²) in [6, 6.07) is 16.2. The van der Waals surface area contributed by atoms with E-state index < -0.39 is 6.10 Å². The minimum absolute atomic E-state index is 0.0843. The van der Waals surface area contributed by atoms with Crippen molar-refractivity contribution in [3.8, 4) is 17.0 Å². The average molecular weight is 409 g/mol. The number of hydrogen-bond acceptors (Lipinski definition) is 4. The van der Waals surface area contributed by atoms with Crippen molar-refractivity contribution in [3.63, 3.8) is 0 Å². The third kappa shape index (κ3) is 5.45. The molecule has 0 spiro atoms. The molecule has 0 aliphatic rings. The summed E-state index contributed by atoms with van der Waals surface area (Å²) in [5.74, 6) is 0.462. The minimum atomic E-state index is -0.619. The monoisotopic (exact) mass is 408 g/mol. The second-order valence-electron chi connectivity index (χ2n) is 8.11. The van der Waals surface area contributed by atoms with Gasteiger partial charge in [0.2, 0.25) is 0 Å². The van der Waals surface area contributed by atoms with E-state index in [0.717, 1.165) is 17.7 Å². The maximum atomic E-state index is 12.5. The number of aromatic nitrogens is 1. The molecule has 2 aromatic carbocycles. The lowest BCUT2D eigenvalue weighted by atomic mass is 9.87. The molecule has 1 N–H and O–H groups in total. The first kappa shape index (κ1) is 21.1. The van der Waals surface area contributed by atoms with Gasteiger partial charge in [-0.05, 0) is 42.0 Å². The summed E-state index contributed by atoms with van der Waals surface area (Å²) < 4.78 is 5.80. The maximum Gasteiger partial charge on any atom is 0.266 e. The number of anilines is 1. The van der Waals surface area contributed by atoms with E-state index >= 15 is 0 Å². The van der Waals surface area contributed by atoms with Gasteiger partial charge in [0, 0.05) is 10.9 Å². The van der Waals surface area contributed by atoms with Crippen LogP contribution in [0.3, 0.4) is 0 Å². The molecular formula is C24H28N2O2S. The van der Waals surface area contributed by atoms with Crippen molar-refractivity contribution < 1.29 is 9.53 Å². The van der Waals surface area contributed by atoms with Gasteiger partial charge in [-0.15, -0.1) is 11.3 Å². The first-order valence-corrected chi connectivity index (χ1v) is 10.8. The molecule has 0 saturated carbocycles. The van der Waals surface area contributed by atoms with Gasteiger partial charge in [-0.25, -0.2) is 4.98 Å². The van der Waals surface area contributed by atoms with Crippen LogP contribution in [0.4, 0.5) is 5.13 Å². The standard InChI is InChI=1S/C24H28N2O2S/c1-6-17-7-9-18(10-8-17)21-15-29-23(25-21)26-22(27)16(2)28-20-13-11-19(12-14-20)24(3,4)5/h7-16H,6H2,1-5H3,(H,25,26,27). The lowest BCUT2D eigenvalue weighted by Gasteiger charge is -2.20. The van der Waals surface area contributed by atoms with Crippen LogP contribution in [0.25, 0.3) is 11.3 Å². The summed E-state index contributed by atoms with van der Waals surface area (Å²) in [5, 5.41) is 5.38. The molecule has 0 bridgehead atoms. The molecule has 1 aromatic heterocycles. The number of nitrogens with one attached hydrogen (secondary N) is 1. The molecule has 0 aliphatic heterocycles. The Morgan fingerprint density at radius 3 is 2.34 bits per heavy atom. The Morgan fingerprint density at radius 1 is 1.10 bits per heavy atom. The van der Waals surface area contributed by atoms with E-state index in [9.17, 15) is 4.79 Å². The third-order valence-corrected chi connectivity index (χ3v) is 5.55. The quantitative estimate of drug-likeness (QED) is 0.538. The summed E-state index contributed by atoms with van der Waals surface area (Å²) in [6.45, 7) is 10.4. The Bertz CT molecular complexity index is 954. The molecule has 1 atom stereocenters. The van der Waals surface area contributed by atoms with Crippen LogP contribution in [0.15, 0.2) is 53.9 Å². The zero-order valence-corrected chi connectivity index (χ0v) is 18.5.